The van der Waals surface area contributed by atoms with E-state index >= 15 is 0 Å². The van der Waals surface area contributed by atoms with Gasteiger partial charge in [0, 0.05) is 20.0 Å². The number of aromatic nitrogens is 3. The summed E-state index contributed by atoms with van der Waals surface area (Å²) in [4.78, 5) is 11.8. The van der Waals surface area contributed by atoms with E-state index in [2.05, 4.69) is 15.5 Å². The highest BCUT2D eigenvalue weighted by atomic mass is 32.1. The molecule has 1 N–H and O–H groups in total. The largest absolute Gasteiger partial charge is 0.480 e. The van der Waals surface area contributed by atoms with Crippen LogP contribution in [0.5, 0.6) is 5.75 Å². The van der Waals surface area contributed by atoms with Crippen LogP contribution in [-0.2, 0) is 20.0 Å². The Labute approximate surface area is 158 Å². The van der Waals surface area contributed by atoms with Gasteiger partial charge >= 0.3 is 10.9 Å². The summed E-state index contributed by atoms with van der Waals surface area (Å²) >= 11 is 1.24. The molecule has 1 aliphatic heterocycles. The molecule has 0 bridgehead atoms. The van der Waals surface area contributed by atoms with Gasteiger partial charge in [0.25, 0.3) is 5.89 Å². The standard InChI is InChI=1S/C19H16N4O3S/c1-23-13-7-6-11(8-16(13)27-19(23)24)10-20-18-22-21-17(26-18)15-9-12-4-2-3-5-14(12)25-15/h2-8,15H,9-10H2,1H3,(H,20,22)/t15-/m0/s1. The Kier molecular flexibility index (Phi) is 3.71. The molecule has 7 nitrogen and oxygen atoms in total. The van der Waals surface area contributed by atoms with Crippen molar-refractivity contribution >= 4 is 27.6 Å². The molecule has 0 saturated heterocycles. The summed E-state index contributed by atoms with van der Waals surface area (Å²) in [5, 5.41) is 11.3. The first-order chi connectivity index (χ1) is 13.2. The zero-order valence-corrected chi connectivity index (χ0v) is 15.3. The van der Waals surface area contributed by atoms with E-state index < -0.39 is 0 Å². The minimum Gasteiger partial charge on any atom is -0.480 e. The monoisotopic (exact) mass is 380 g/mol. The lowest BCUT2D eigenvalue weighted by atomic mass is 10.1. The Morgan fingerprint density at radius 1 is 1.26 bits per heavy atom. The van der Waals surface area contributed by atoms with Gasteiger partial charge in [-0.2, -0.15) is 0 Å². The SMILES string of the molecule is Cn1c(=O)sc2cc(CNc3nnc([C@@H]4Cc5ccccc5O4)o3)ccc21. The molecule has 4 aromatic rings. The average molecular weight is 380 g/mol. The number of rotatable bonds is 4. The number of anilines is 1. The highest BCUT2D eigenvalue weighted by Crippen LogP contribution is 2.36. The third kappa shape index (κ3) is 2.87. The van der Waals surface area contributed by atoms with E-state index in [4.69, 9.17) is 9.15 Å². The summed E-state index contributed by atoms with van der Waals surface area (Å²) in [7, 11) is 1.78. The second-order valence-electron chi connectivity index (χ2n) is 6.45. The van der Waals surface area contributed by atoms with E-state index in [9.17, 15) is 4.79 Å². The van der Waals surface area contributed by atoms with Gasteiger partial charge in [0.05, 0.1) is 10.2 Å². The van der Waals surface area contributed by atoms with Gasteiger partial charge in [0.15, 0.2) is 6.10 Å². The lowest BCUT2D eigenvalue weighted by molar-refractivity contribution is 0.199. The first kappa shape index (κ1) is 16.1. The molecule has 1 atom stereocenters. The molecule has 0 saturated carbocycles. The van der Waals surface area contributed by atoms with Crippen LogP contribution in [0.25, 0.3) is 10.2 Å². The number of hydrogen-bond acceptors (Lipinski definition) is 7. The Morgan fingerprint density at radius 2 is 2.15 bits per heavy atom. The predicted molar refractivity (Wildman–Crippen MR) is 102 cm³/mol. The third-order valence-corrected chi connectivity index (χ3v) is 5.66. The summed E-state index contributed by atoms with van der Waals surface area (Å²) in [6.07, 6.45) is 0.477. The molecule has 27 heavy (non-hydrogen) atoms. The summed E-state index contributed by atoms with van der Waals surface area (Å²) < 4.78 is 14.2. The van der Waals surface area contributed by atoms with E-state index in [0.29, 0.717) is 18.5 Å². The molecule has 0 fully saturated rings. The number of fused-ring (bicyclic) bond motifs is 2. The van der Waals surface area contributed by atoms with Crippen LogP contribution in [0.15, 0.2) is 51.7 Å². The normalized spacial score (nSPS) is 15.7. The second-order valence-corrected chi connectivity index (χ2v) is 7.44. The number of hydrogen-bond donors (Lipinski definition) is 1. The molecule has 0 unspecified atom stereocenters. The topological polar surface area (TPSA) is 82.2 Å². The van der Waals surface area contributed by atoms with E-state index in [1.807, 2.05) is 42.5 Å². The molecule has 0 spiro atoms. The third-order valence-electron chi connectivity index (χ3n) is 4.66. The van der Waals surface area contributed by atoms with Crippen LogP contribution in [0, 0.1) is 0 Å². The predicted octanol–water partition coefficient (Wildman–Crippen LogP) is 3.27. The number of thiazole rings is 1. The summed E-state index contributed by atoms with van der Waals surface area (Å²) in [6, 6.07) is 14.2. The van der Waals surface area contributed by atoms with E-state index in [1.165, 1.54) is 11.3 Å². The van der Waals surface area contributed by atoms with Gasteiger partial charge in [0.2, 0.25) is 0 Å². The second kappa shape index (κ2) is 6.24. The van der Waals surface area contributed by atoms with Gasteiger partial charge in [-0.15, -0.1) is 5.10 Å². The number of aryl methyl sites for hydroxylation is 1. The van der Waals surface area contributed by atoms with Crippen molar-refractivity contribution in [3.8, 4) is 5.75 Å². The molecule has 1 aliphatic rings. The molecule has 5 rings (SSSR count). The number of benzene rings is 2. The van der Waals surface area contributed by atoms with Crippen molar-refractivity contribution < 1.29 is 9.15 Å². The average Bonchev–Trinajstić information content (AvgIpc) is 3.38. The quantitative estimate of drug-likeness (QED) is 0.585. The number of ether oxygens (including phenoxy) is 1. The first-order valence-electron chi connectivity index (χ1n) is 8.58. The molecule has 0 aliphatic carbocycles. The van der Waals surface area contributed by atoms with Crippen molar-refractivity contribution in [1.29, 1.82) is 0 Å². The van der Waals surface area contributed by atoms with Crippen LogP contribution in [0.3, 0.4) is 0 Å². The number of nitrogens with zero attached hydrogens (tertiary/aromatic N) is 3. The van der Waals surface area contributed by atoms with Crippen LogP contribution < -0.4 is 14.9 Å². The fraction of sp³-hybridized carbons (Fsp3) is 0.211. The maximum Gasteiger partial charge on any atom is 0.315 e. The van der Waals surface area contributed by atoms with Crippen molar-refractivity contribution in [1.82, 2.24) is 14.8 Å². The van der Waals surface area contributed by atoms with Crippen LogP contribution in [-0.4, -0.2) is 14.8 Å². The van der Waals surface area contributed by atoms with Crippen LogP contribution >= 0.6 is 11.3 Å². The molecule has 8 heteroatoms. The molecule has 0 radical (unpaired) electrons. The highest BCUT2D eigenvalue weighted by molar-refractivity contribution is 7.16. The van der Waals surface area contributed by atoms with Crippen molar-refractivity contribution in [3.63, 3.8) is 0 Å². The van der Waals surface area contributed by atoms with Gasteiger partial charge in [-0.25, -0.2) is 0 Å². The van der Waals surface area contributed by atoms with Gasteiger partial charge in [-0.1, -0.05) is 40.7 Å². The first-order valence-corrected chi connectivity index (χ1v) is 9.39. The maximum absolute atomic E-state index is 11.8. The van der Waals surface area contributed by atoms with Gasteiger partial charge in [-0.05, 0) is 29.3 Å². The Bertz CT molecular complexity index is 1170. The van der Waals surface area contributed by atoms with E-state index in [1.54, 1.807) is 11.6 Å². The molecule has 0 amide bonds. The van der Waals surface area contributed by atoms with Crippen LogP contribution in [0.4, 0.5) is 6.01 Å². The van der Waals surface area contributed by atoms with E-state index in [-0.39, 0.29) is 11.0 Å². The zero-order valence-electron chi connectivity index (χ0n) is 14.5. The van der Waals surface area contributed by atoms with Gasteiger partial charge in [-0.3, -0.25) is 4.79 Å². The summed E-state index contributed by atoms with van der Waals surface area (Å²) in [5.74, 6) is 1.33. The fourth-order valence-electron chi connectivity index (χ4n) is 3.22. The summed E-state index contributed by atoms with van der Waals surface area (Å²) in [5.41, 5.74) is 3.12. The number of nitrogens with one attached hydrogen (secondary N) is 1. The maximum atomic E-state index is 11.8. The van der Waals surface area contributed by atoms with Crippen molar-refractivity contribution in [2.24, 2.45) is 7.05 Å². The zero-order chi connectivity index (χ0) is 18.4. The van der Waals surface area contributed by atoms with Gasteiger partial charge < -0.3 is 19.0 Å². The van der Waals surface area contributed by atoms with Crippen LogP contribution in [0.2, 0.25) is 0 Å². The van der Waals surface area contributed by atoms with Crippen molar-refractivity contribution in [2.75, 3.05) is 5.32 Å². The summed E-state index contributed by atoms with van der Waals surface area (Å²) in [6.45, 7) is 0.527. The minimum atomic E-state index is -0.247. The smallest absolute Gasteiger partial charge is 0.315 e. The molecule has 136 valence electrons. The van der Waals surface area contributed by atoms with Gasteiger partial charge in [0.1, 0.15) is 5.75 Å². The molecule has 2 aromatic heterocycles. The number of para-hydroxylation sites is 1. The molecular formula is C19H16N4O3S. The molecular weight excluding hydrogens is 364 g/mol. The highest BCUT2D eigenvalue weighted by Gasteiger charge is 2.28. The molecule has 3 heterocycles. The van der Waals surface area contributed by atoms with Crippen molar-refractivity contribution in [3.05, 3.63) is 69.1 Å². The van der Waals surface area contributed by atoms with Crippen molar-refractivity contribution in [2.45, 2.75) is 19.1 Å². The van der Waals surface area contributed by atoms with Crippen LogP contribution in [0.1, 0.15) is 23.1 Å². The fourth-order valence-corrected chi connectivity index (χ4v) is 4.17. The Balaban J connectivity index is 1.28. The van der Waals surface area contributed by atoms with E-state index in [0.717, 1.165) is 33.5 Å². The Hall–Kier alpha value is -3.13. The molecule has 2 aromatic carbocycles. The minimum absolute atomic E-state index is 0.0363. The Morgan fingerprint density at radius 3 is 3.04 bits per heavy atom. The lowest BCUT2D eigenvalue weighted by Crippen LogP contribution is -2.06. The lowest BCUT2D eigenvalue weighted by Gasteiger charge is -2.05.